The molecule has 2 N–H and O–H groups in total. The Balaban J connectivity index is 2.09. The minimum atomic E-state index is -0.184. The van der Waals surface area contributed by atoms with Gasteiger partial charge >= 0.3 is 0 Å². The van der Waals surface area contributed by atoms with Gasteiger partial charge in [-0.3, -0.25) is 4.79 Å². The van der Waals surface area contributed by atoms with Crippen molar-refractivity contribution in [3.05, 3.63) is 0 Å². The van der Waals surface area contributed by atoms with Gasteiger partial charge in [-0.25, -0.2) is 0 Å². The quantitative estimate of drug-likeness (QED) is 0.593. The Morgan fingerprint density at radius 3 is 2.83 bits per heavy atom. The number of nitrogens with one attached hydrogen (secondary N) is 2. The number of amides is 1. The highest BCUT2D eigenvalue weighted by atomic mass is 16.5. The average molecular weight is 258 g/mol. The fourth-order valence-corrected chi connectivity index (χ4v) is 2.21. The molecule has 0 spiro atoms. The van der Waals surface area contributed by atoms with Crippen LogP contribution < -0.4 is 10.6 Å². The van der Waals surface area contributed by atoms with Crippen LogP contribution in [0.1, 0.15) is 26.2 Å². The van der Waals surface area contributed by atoms with Crippen LogP contribution in [-0.2, 0) is 14.3 Å². The summed E-state index contributed by atoms with van der Waals surface area (Å²) in [4.78, 5) is 12.1. The van der Waals surface area contributed by atoms with Crippen LogP contribution in [0.3, 0.4) is 0 Å². The molecule has 0 saturated carbocycles. The molecule has 5 heteroatoms. The maximum Gasteiger partial charge on any atom is 0.227 e. The molecule has 106 valence electrons. The number of ether oxygens (including phenoxy) is 2. The lowest BCUT2D eigenvalue weighted by molar-refractivity contribution is -0.130. The molecule has 18 heavy (non-hydrogen) atoms. The highest BCUT2D eigenvalue weighted by Gasteiger charge is 2.38. The van der Waals surface area contributed by atoms with Gasteiger partial charge in [0.15, 0.2) is 0 Å². The summed E-state index contributed by atoms with van der Waals surface area (Å²) in [5, 5.41) is 6.29. The van der Waals surface area contributed by atoms with E-state index in [2.05, 4.69) is 17.6 Å². The zero-order valence-electron chi connectivity index (χ0n) is 11.6. The number of hydrogen-bond acceptors (Lipinski definition) is 4. The molecule has 5 nitrogen and oxygen atoms in total. The molecule has 1 aliphatic heterocycles. The average Bonchev–Trinajstić information content (AvgIpc) is 2.87. The first kappa shape index (κ1) is 15.4. The molecule has 1 heterocycles. The predicted octanol–water partition coefficient (Wildman–Crippen LogP) is 0.545. The van der Waals surface area contributed by atoms with Crippen LogP contribution in [0.15, 0.2) is 0 Å². The molecule has 0 bridgehead atoms. The number of carbonyl (C=O) groups is 1. The van der Waals surface area contributed by atoms with Crippen LogP contribution in [0.2, 0.25) is 0 Å². The minimum Gasteiger partial charge on any atom is -0.382 e. The molecule has 0 aromatic rings. The number of methoxy groups -OCH3 is 1. The lowest BCUT2D eigenvalue weighted by atomic mass is 9.83. The van der Waals surface area contributed by atoms with Crippen molar-refractivity contribution in [3.63, 3.8) is 0 Å². The van der Waals surface area contributed by atoms with E-state index in [0.29, 0.717) is 26.4 Å². The third-order valence-corrected chi connectivity index (χ3v) is 3.58. The van der Waals surface area contributed by atoms with Gasteiger partial charge in [0, 0.05) is 26.8 Å². The van der Waals surface area contributed by atoms with E-state index in [-0.39, 0.29) is 11.3 Å². The molecular formula is C13H26N2O3. The summed E-state index contributed by atoms with van der Waals surface area (Å²) in [5.41, 5.74) is -0.184. The van der Waals surface area contributed by atoms with Crippen molar-refractivity contribution in [2.45, 2.75) is 26.2 Å². The SMILES string of the molecule is CCC1(C(=O)NCCCOCCOC)CCNC1. The second-order valence-electron chi connectivity index (χ2n) is 4.78. The Morgan fingerprint density at radius 2 is 2.22 bits per heavy atom. The van der Waals surface area contributed by atoms with Crippen LogP contribution in [0.4, 0.5) is 0 Å². The summed E-state index contributed by atoms with van der Waals surface area (Å²) in [6.45, 7) is 6.43. The monoisotopic (exact) mass is 258 g/mol. The molecule has 1 amide bonds. The highest BCUT2D eigenvalue weighted by molar-refractivity contribution is 5.83. The molecule has 0 aliphatic carbocycles. The van der Waals surface area contributed by atoms with E-state index in [1.165, 1.54) is 0 Å². The standard InChI is InChI=1S/C13H26N2O3/c1-3-13(5-7-14-11-13)12(16)15-6-4-8-18-10-9-17-2/h14H,3-11H2,1-2H3,(H,15,16). The topological polar surface area (TPSA) is 59.6 Å². The number of hydrogen-bond donors (Lipinski definition) is 2. The zero-order valence-corrected chi connectivity index (χ0v) is 11.6. The summed E-state index contributed by atoms with van der Waals surface area (Å²) in [5.74, 6) is 0.187. The van der Waals surface area contributed by atoms with Gasteiger partial charge in [0.25, 0.3) is 0 Å². The molecule has 1 aliphatic rings. The molecular weight excluding hydrogens is 232 g/mol. The molecule has 0 aromatic carbocycles. The second kappa shape index (κ2) is 8.45. The van der Waals surface area contributed by atoms with Crippen molar-refractivity contribution in [2.24, 2.45) is 5.41 Å². The van der Waals surface area contributed by atoms with Gasteiger partial charge in [0.2, 0.25) is 5.91 Å². The van der Waals surface area contributed by atoms with E-state index in [4.69, 9.17) is 9.47 Å². The highest BCUT2D eigenvalue weighted by Crippen LogP contribution is 2.29. The lowest BCUT2D eigenvalue weighted by Crippen LogP contribution is -2.42. The summed E-state index contributed by atoms with van der Waals surface area (Å²) in [7, 11) is 1.66. The van der Waals surface area contributed by atoms with Gasteiger partial charge < -0.3 is 20.1 Å². The number of carbonyl (C=O) groups excluding carboxylic acids is 1. The summed E-state index contributed by atoms with van der Waals surface area (Å²) in [6.07, 6.45) is 2.69. The van der Waals surface area contributed by atoms with E-state index in [1.54, 1.807) is 7.11 Å². The smallest absolute Gasteiger partial charge is 0.227 e. The third kappa shape index (κ3) is 4.55. The second-order valence-corrected chi connectivity index (χ2v) is 4.78. The fraction of sp³-hybridized carbons (Fsp3) is 0.923. The molecule has 0 aromatic heterocycles. The maximum absolute atomic E-state index is 12.1. The zero-order chi connectivity index (χ0) is 13.3. The fourth-order valence-electron chi connectivity index (χ4n) is 2.21. The van der Waals surface area contributed by atoms with Gasteiger partial charge in [-0.2, -0.15) is 0 Å². The van der Waals surface area contributed by atoms with Crippen LogP contribution in [0, 0.1) is 5.41 Å². The molecule has 1 unspecified atom stereocenters. The van der Waals surface area contributed by atoms with Gasteiger partial charge in [-0.05, 0) is 25.8 Å². The first-order valence-corrected chi connectivity index (χ1v) is 6.81. The van der Waals surface area contributed by atoms with Crippen molar-refractivity contribution in [1.82, 2.24) is 10.6 Å². The third-order valence-electron chi connectivity index (χ3n) is 3.58. The molecule has 1 fully saturated rings. The summed E-state index contributed by atoms with van der Waals surface area (Å²) >= 11 is 0. The van der Waals surface area contributed by atoms with Crippen molar-refractivity contribution in [3.8, 4) is 0 Å². The van der Waals surface area contributed by atoms with E-state index >= 15 is 0 Å². The molecule has 0 radical (unpaired) electrons. The largest absolute Gasteiger partial charge is 0.382 e. The van der Waals surface area contributed by atoms with Crippen LogP contribution in [0.5, 0.6) is 0 Å². The Bertz CT molecular complexity index is 240. The Morgan fingerprint density at radius 1 is 1.39 bits per heavy atom. The Kier molecular flexibility index (Phi) is 7.23. The van der Waals surface area contributed by atoms with Gasteiger partial charge in [-0.15, -0.1) is 0 Å². The predicted molar refractivity (Wildman–Crippen MR) is 70.5 cm³/mol. The van der Waals surface area contributed by atoms with E-state index in [1.807, 2.05) is 0 Å². The minimum absolute atomic E-state index is 0.184. The van der Waals surface area contributed by atoms with E-state index < -0.39 is 0 Å². The van der Waals surface area contributed by atoms with Gasteiger partial charge in [0.05, 0.1) is 18.6 Å². The van der Waals surface area contributed by atoms with Crippen molar-refractivity contribution >= 4 is 5.91 Å². The Hall–Kier alpha value is -0.650. The molecule has 1 atom stereocenters. The normalized spacial score (nSPS) is 23.2. The van der Waals surface area contributed by atoms with E-state index in [0.717, 1.165) is 32.4 Å². The van der Waals surface area contributed by atoms with Gasteiger partial charge in [0.1, 0.15) is 0 Å². The van der Waals surface area contributed by atoms with Crippen molar-refractivity contribution < 1.29 is 14.3 Å². The Labute approximate surface area is 110 Å². The molecule has 1 rings (SSSR count). The van der Waals surface area contributed by atoms with Crippen LogP contribution >= 0.6 is 0 Å². The van der Waals surface area contributed by atoms with E-state index in [9.17, 15) is 4.79 Å². The maximum atomic E-state index is 12.1. The number of rotatable bonds is 9. The van der Waals surface area contributed by atoms with Crippen LogP contribution in [0.25, 0.3) is 0 Å². The summed E-state index contributed by atoms with van der Waals surface area (Å²) in [6, 6.07) is 0. The molecule has 1 saturated heterocycles. The van der Waals surface area contributed by atoms with Crippen molar-refractivity contribution in [1.29, 1.82) is 0 Å². The first-order chi connectivity index (χ1) is 8.75. The summed E-state index contributed by atoms with van der Waals surface area (Å²) < 4.78 is 10.2. The lowest BCUT2D eigenvalue weighted by Gasteiger charge is -2.25. The van der Waals surface area contributed by atoms with Crippen LogP contribution in [-0.4, -0.2) is 52.5 Å². The first-order valence-electron chi connectivity index (χ1n) is 6.81. The van der Waals surface area contributed by atoms with Gasteiger partial charge in [-0.1, -0.05) is 6.92 Å². The van der Waals surface area contributed by atoms with Crippen molar-refractivity contribution in [2.75, 3.05) is 46.6 Å².